The maximum atomic E-state index is 5.10. The summed E-state index contributed by atoms with van der Waals surface area (Å²) in [6.07, 6.45) is 2.50. The quantitative estimate of drug-likeness (QED) is 0.770. The van der Waals surface area contributed by atoms with Crippen LogP contribution in [-0.4, -0.2) is 9.97 Å². The lowest BCUT2D eigenvalue weighted by atomic mass is 10.3. The molecular weight excluding hydrogens is 236 g/mol. The van der Waals surface area contributed by atoms with Crippen LogP contribution in [0.2, 0.25) is 0 Å². The van der Waals surface area contributed by atoms with Gasteiger partial charge in [-0.1, -0.05) is 12.2 Å². The van der Waals surface area contributed by atoms with Gasteiger partial charge in [0.05, 0.1) is 4.47 Å². The Kier molecular flexibility index (Phi) is 2.04. The molecule has 1 aromatic rings. The highest BCUT2D eigenvalue weighted by molar-refractivity contribution is 9.10. The van der Waals surface area contributed by atoms with E-state index in [0.29, 0.717) is 10.6 Å². The molecule has 0 bridgehead atoms. The van der Waals surface area contributed by atoms with Crippen LogP contribution < -0.4 is 0 Å². The van der Waals surface area contributed by atoms with Crippen molar-refractivity contribution in [3.05, 3.63) is 20.6 Å². The van der Waals surface area contributed by atoms with Crippen molar-refractivity contribution in [3.63, 3.8) is 0 Å². The Morgan fingerprint density at radius 3 is 2.75 bits per heavy atom. The standard InChI is InChI=1S/C8H9BrN2S/c1-4-6(9)8(12)11-7(10-4)5-2-3-5/h5H,2-3H2,1H3,(H,10,11,12). The van der Waals surface area contributed by atoms with E-state index >= 15 is 0 Å². The number of rotatable bonds is 1. The van der Waals surface area contributed by atoms with Gasteiger partial charge >= 0.3 is 0 Å². The molecule has 0 aromatic carbocycles. The molecule has 1 fully saturated rings. The highest BCUT2D eigenvalue weighted by atomic mass is 79.9. The molecule has 1 heterocycles. The summed E-state index contributed by atoms with van der Waals surface area (Å²) in [6.45, 7) is 2.01. The molecule has 0 aliphatic heterocycles. The second-order valence-corrected chi connectivity index (χ2v) is 4.32. The van der Waals surface area contributed by atoms with E-state index in [-0.39, 0.29) is 0 Å². The van der Waals surface area contributed by atoms with Crippen LogP contribution in [0.1, 0.15) is 30.3 Å². The van der Waals surface area contributed by atoms with E-state index in [0.717, 1.165) is 16.0 Å². The number of hydrogen-bond acceptors (Lipinski definition) is 2. The van der Waals surface area contributed by atoms with Crippen molar-refractivity contribution >= 4 is 28.1 Å². The summed E-state index contributed by atoms with van der Waals surface area (Å²) in [5, 5.41) is 0. The molecule has 0 amide bonds. The Hall–Kier alpha value is -0.220. The smallest absolute Gasteiger partial charge is 0.144 e. The first-order valence-corrected chi connectivity index (χ1v) is 5.15. The summed E-state index contributed by atoms with van der Waals surface area (Å²) in [5.41, 5.74) is 1.08. The maximum absolute atomic E-state index is 5.10. The third kappa shape index (κ3) is 1.45. The first-order valence-electron chi connectivity index (χ1n) is 3.95. The molecule has 2 nitrogen and oxygen atoms in total. The lowest BCUT2D eigenvalue weighted by molar-refractivity contribution is 0.892. The zero-order valence-electron chi connectivity index (χ0n) is 6.72. The topological polar surface area (TPSA) is 28.7 Å². The lowest BCUT2D eigenvalue weighted by Gasteiger charge is -2.02. The number of hydrogen-bond donors (Lipinski definition) is 1. The molecule has 12 heavy (non-hydrogen) atoms. The highest BCUT2D eigenvalue weighted by Gasteiger charge is 2.26. The normalized spacial score (nSPS) is 16.5. The van der Waals surface area contributed by atoms with Gasteiger partial charge < -0.3 is 4.98 Å². The van der Waals surface area contributed by atoms with Gasteiger partial charge in [0.25, 0.3) is 0 Å². The summed E-state index contributed by atoms with van der Waals surface area (Å²) >= 11 is 8.48. The molecule has 0 radical (unpaired) electrons. The fourth-order valence-corrected chi connectivity index (χ4v) is 1.58. The van der Waals surface area contributed by atoms with Gasteiger partial charge in [0.2, 0.25) is 0 Å². The molecule has 0 saturated heterocycles. The Bertz CT molecular complexity index is 368. The van der Waals surface area contributed by atoms with Crippen molar-refractivity contribution in [3.8, 4) is 0 Å². The summed E-state index contributed by atoms with van der Waals surface area (Å²) in [6, 6.07) is 0. The summed E-state index contributed by atoms with van der Waals surface area (Å²) in [4.78, 5) is 7.56. The zero-order chi connectivity index (χ0) is 8.72. The van der Waals surface area contributed by atoms with Crippen LogP contribution in [0.4, 0.5) is 0 Å². The largest absolute Gasteiger partial charge is 0.346 e. The van der Waals surface area contributed by atoms with Crippen LogP contribution >= 0.6 is 28.1 Å². The fraction of sp³-hybridized carbons (Fsp3) is 0.500. The second kappa shape index (κ2) is 2.92. The Balaban J connectivity index is 2.53. The van der Waals surface area contributed by atoms with Crippen molar-refractivity contribution in [1.29, 1.82) is 0 Å². The van der Waals surface area contributed by atoms with Crippen LogP contribution in [0, 0.1) is 11.6 Å². The summed E-state index contributed by atoms with van der Waals surface area (Å²) < 4.78 is 1.59. The van der Waals surface area contributed by atoms with Crippen LogP contribution in [0.25, 0.3) is 0 Å². The molecule has 1 aliphatic carbocycles. The zero-order valence-corrected chi connectivity index (χ0v) is 9.13. The van der Waals surface area contributed by atoms with Crippen LogP contribution in [0.5, 0.6) is 0 Å². The van der Waals surface area contributed by atoms with Crippen molar-refractivity contribution in [2.75, 3.05) is 0 Å². The molecule has 1 aliphatic rings. The SMILES string of the molecule is Cc1[nH]c(C2CC2)nc(=S)c1Br. The molecule has 2 rings (SSSR count). The van der Waals surface area contributed by atoms with Crippen LogP contribution in [0.3, 0.4) is 0 Å². The van der Waals surface area contributed by atoms with Gasteiger partial charge in [0.1, 0.15) is 10.5 Å². The summed E-state index contributed by atoms with van der Waals surface area (Å²) in [5.74, 6) is 1.69. The molecule has 4 heteroatoms. The molecule has 1 aromatic heterocycles. The fourth-order valence-electron chi connectivity index (χ4n) is 1.14. The molecular formula is C8H9BrN2S. The Labute approximate surface area is 84.6 Å². The molecule has 64 valence electrons. The predicted octanol–water partition coefficient (Wildman–Crippen LogP) is 3.09. The van der Waals surface area contributed by atoms with E-state index in [1.54, 1.807) is 0 Å². The van der Waals surface area contributed by atoms with Crippen molar-refractivity contribution in [2.24, 2.45) is 0 Å². The Morgan fingerprint density at radius 2 is 2.25 bits per heavy atom. The summed E-state index contributed by atoms with van der Waals surface area (Å²) in [7, 11) is 0. The second-order valence-electron chi connectivity index (χ2n) is 3.14. The van der Waals surface area contributed by atoms with Gasteiger partial charge in [0, 0.05) is 11.6 Å². The first kappa shape index (κ1) is 8.38. The highest BCUT2D eigenvalue weighted by Crippen LogP contribution is 2.38. The van der Waals surface area contributed by atoms with E-state index in [4.69, 9.17) is 12.2 Å². The third-order valence-corrected chi connectivity index (χ3v) is 3.55. The number of aryl methyl sites for hydroxylation is 1. The number of nitrogens with one attached hydrogen (secondary N) is 1. The van der Waals surface area contributed by atoms with Crippen molar-refractivity contribution in [2.45, 2.75) is 25.7 Å². The Morgan fingerprint density at radius 1 is 1.58 bits per heavy atom. The van der Waals surface area contributed by atoms with Gasteiger partial charge in [-0.2, -0.15) is 0 Å². The van der Waals surface area contributed by atoms with Crippen LogP contribution in [0.15, 0.2) is 4.47 Å². The van der Waals surface area contributed by atoms with E-state index in [2.05, 4.69) is 25.9 Å². The third-order valence-electron chi connectivity index (χ3n) is 2.02. The van der Waals surface area contributed by atoms with Crippen LogP contribution in [-0.2, 0) is 0 Å². The van der Waals surface area contributed by atoms with E-state index in [1.165, 1.54) is 12.8 Å². The minimum atomic E-state index is 0.637. The lowest BCUT2D eigenvalue weighted by Crippen LogP contribution is -1.96. The molecule has 1 saturated carbocycles. The number of nitrogens with zero attached hydrogens (tertiary/aromatic N) is 1. The molecule has 0 atom stereocenters. The molecule has 0 spiro atoms. The number of H-pyrrole nitrogens is 1. The van der Waals surface area contributed by atoms with Crippen molar-refractivity contribution in [1.82, 2.24) is 9.97 Å². The average molecular weight is 245 g/mol. The van der Waals surface area contributed by atoms with Gasteiger partial charge in [-0.3, -0.25) is 0 Å². The number of halogens is 1. The molecule has 1 N–H and O–H groups in total. The average Bonchev–Trinajstić information content (AvgIpc) is 2.81. The van der Waals surface area contributed by atoms with Gasteiger partial charge in [-0.05, 0) is 35.7 Å². The van der Waals surface area contributed by atoms with E-state index < -0.39 is 0 Å². The van der Waals surface area contributed by atoms with Gasteiger partial charge in [0.15, 0.2) is 0 Å². The minimum Gasteiger partial charge on any atom is -0.346 e. The number of aromatic nitrogens is 2. The van der Waals surface area contributed by atoms with Crippen molar-refractivity contribution < 1.29 is 0 Å². The monoisotopic (exact) mass is 244 g/mol. The minimum absolute atomic E-state index is 0.637. The first-order chi connectivity index (χ1) is 5.68. The predicted molar refractivity (Wildman–Crippen MR) is 53.8 cm³/mol. The van der Waals surface area contributed by atoms with E-state index in [1.807, 2.05) is 6.92 Å². The van der Waals surface area contributed by atoms with Gasteiger partial charge in [-0.15, -0.1) is 0 Å². The van der Waals surface area contributed by atoms with E-state index in [9.17, 15) is 0 Å². The molecule has 0 unspecified atom stereocenters. The maximum Gasteiger partial charge on any atom is 0.144 e. The number of aromatic amines is 1. The van der Waals surface area contributed by atoms with Gasteiger partial charge in [-0.25, -0.2) is 4.98 Å².